The number of nitrogens with one attached hydrogen (secondary N) is 1. The van der Waals surface area contributed by atoms with Crippen molar-refractivity contribution in [1.29, 1.82) is 0 Å². The van der Waals surface area contributed by atoms with Crippen LogP contribution in [0.15, 0.2) is 57.7 Å². The molecule has 0 radical (unpaired) electrons. The van der Waals surface area contributed by atoms with Gasteiger partial charge in [-0.3, -0.25) is 4.79 Å². The van der Waals surface area contributed by atoms with Gasteiger partial charge in [-0.2, -0.15) is 0 Å². The van der Waals surface area contributed by atoms with Gasteiger partial charge in [-0.25, -0.2) is 4.79 Å². The SMILES string of the molecule is CCCOc1ccc2cc(C(=O)Nc3ccc(C)cc3)c(=O)oc2c1. The Balaban J connectivity index is 1.88. The molecule has 0 saturated heterocycles. The fourth-order valence-electron chi connectivity index (χ4n) is 2.39. The van der Waals surface area contributed by atoms with Gasteiger partial charge in [0.2, 0.25) is 0 Å². The molecule has 1 amide bonds. The van der Waals surface area contributed by atoms with Gasteiger partial charge in [-0.15, -0.1) is 0 Å². The molecule has 0 fully saturated rings. The summed E-state index contributed by atoms with van der Waals surface area (Å²) in [6.07, 6.45) is 0.889. The van der Waals surface area contributed by atoms with E-state index in [1.54, 1.807) is 30.3 Å². The van der Waals surface area contributed by atoms with Crippen molar-refractivity contribution in [3.63, 3.8) is 0 Å². The van der Waals surface area contributed by atoms with Crippen molar-refractivity contribution in [2.45, 2.75) is 20.3 Å². The second-order valence-corrected chi connectivity index (χ2v) is 5.82. The van der Waals surface area contributed by atoms with E-state index in [0.29, 0.717) is 29.0 Å². The van der Waals surface area contributed by atoms with Crippen LogP contribution in [0.1, 0.15) is 29.3 Å². The summed E-state index contributed by atoms with van der Waals surface area (Å²) in [4.78, 5) is 24.6. The number of hydrogen-bond acceptors (Lipinski definition) is 4. The summed E-state index contributed by atoms with van der Waals surface area (Å²) in [7, 11) is 0. The average Bonchev–Trinajstić information content (AvgIpc) is 2.61. The molecule has 2 aromatic carbocycles. The van der Waals surface area contributed by atoms with E-state index in [0.717, 1.165) is 12.0 Å². The van der Waals surface area contributed by atoms with Crippen LogP contribution in [0.25, 0.3) is 11.0 Å². The van der Waals surface area contributed by atoms with Crippen molar-refractivity contribution in [2.24, 2.45) is 0 Å². The lowest BCUT2D eigenvalue weighted by atomic mass is 10.1. The lowest BCUT2D eigenvalue weighted by molar-refractivity contribution is 0.102. The van der Waals surface area contributed by atoms with Crippen molar-refractivity contribution in [1.82, 2.24) is 0 Å². The zero-order valence-electron chi connectivity index (χ0n) is 14.2. The Morgan fingerprint density at radius 3 is 2.60 bits per heavy atom. The van der Waals surface area contributed by atoms with E-state index in [-0.39, 0.29) is 5.56 Å². The molecule has 0 atom stereocenters. The van der Waals surface area contributed by atoms with E-state index >= 15 is 0 Å². The molecule has 0 aliphatic carbocycles. The van der Waals surface area contributed by atoms with Crippen LogP contribution in [0.3, 0.4) is 0 Å². The van der Waals surface area contributed by atoms with Crippen molar-refractivity contribution >= 4 is 22.6 Å². The van der Waals surface area contributed by atoms with Crippen LogP contribution in [0.2, 0.25) is 0 Å². The molecule has 0 spiro atoms. The molecule has 128 valence electrons. The van der Waals surface area contributed by atoms with Crippen LogP contribution in [0.4, 0.5) is 5.69 Å². The minimum absolute atomic E-state index is 0.0321. The maximum absolute atomic E-state index is 12.4. The number of benzene rings is 2. The van der Waals surface area contributed by atoms with Crippen LogP contribution in [0.5, 0.6) is 5.75 Å². The van der Waals surface area contributed by atoms with E-state index in [1.807, 2.05) is 26.0 Å². The van der Waals surface area contributed by atoms with Gasteiger partial charge in [-0.05, 0) is 43.7 Å². The van der Waals surface area contributed by atoms with Gasteiger partial charge >= 0.3 is 5.63 Å². The van der Waals surface area contributed by atoms with Gasteiger partial charge in [0.05, 0.1) is 6.61 Å². The first kappa shape index (κ1) is 16.8. The fraction of sp³-hybridized carbons (Fsp3) is 0.200. The number of fused-ring (bicyclic) bond motifs is 1. The Labute approximate surface area is 145 Å². The largest absolute Gasteiger partial charge is 0.493 e. The van der Waals surface area contributed by atoms with E-state index in [2.05, 4.69) is 5.32 Å². The predicted molar refractivity (Wildman–Crippen MR) is 97.4 cm³/mol. The highest BCUT2D eigenvalue weighted by atomic mass is 16.5. The molecular formula is C20H19NO4. The van der Waals surface area contributed by atoms with Crippen LogP contribution >= 0.6 is 0 Å². The molecule has 0 unspecified atom stereocenters. The highest BCUT2D eigenvalue weighted by Gasteiger charge is 2.14. The number of amides is 1. The number of carbonyl (C=O) groups is 1. The molecule has 1 N–H and O–H groups in total. The van der Waals surface area contributed by atoms with E-state index in [1.165, 1.54) is 6.07 Å². The molecular weight excluding hydrogens is 318 g/mol. The molecule has 5 nitrogen and oxygen atoms in total. The zero-order valence-corrected chi connectivity index (χ0v) is 14.2. The maximum atomic E-state index is 12.4. The van der Waals surface area contributed by atoms with Crippen molar-refractivity contribution in [2.75, 3.05) is 11.9 Å². The minimum atomic E-state index is -0.676. The molecule has 25 heavy (non-hydrogen) atoms. The lowest BCUT2D eigenvalue weighted by Gasteiger charge is -2.07. The number of carbonyl (C=O) groups excluding carboxylic acids is 1. The average molecular weight is 337 g/mol. The molecule has 0 aliphatic rings. The third kappa shape index (κ3) is 3.88. The Morgan fingerprint density at radius 2 is 1.88 bits per heavy atom. The molecule has 1 aromatic heterocycles. The first-order valence-electron chi connectivity index (χ1n) is 8.15. The van der Waals surface area contributed by atoms with Crippen LogP contribution in [-0.2, 0) is 0 Å². The molecule has 0 saturated carbocycles. The first-order valence-corrected chi connectivity index (χ1v) is 8.15. The normalized spacial score (nSPS) is 10.6. The van der Waals surface area contributed by atoms with Crippen LogP contribution in [-0.4, -0.2) is 12.5 Å². The Hall–Kier alpha value is -3.08. The third-order valence-electron chi connectivity index (χ3n) is 3.73. The minimum Gasteiger partial charge on any atom is -0.493 e. The summed E-state index contributed by atoms with van der Waals surface area (Å²) in [5.41, 5.74) is 1.40. The number of anilines is 1. The Morgan fingerprint density at radius 1 is 1.12 bits per heavy atom. The predicted octanol–water partition coefficient (Wildman–Crippen LogP) is 4.14. The molecule has 3 aromatic rings. The van der Waals surface area contributed by atoms with Crippen LogP contribution < -0.4 is 15.7 Å². The number of aryl methyl sites for hydroxylation is 1. The van der Waals surface area contributed by atoms with E-state index in [4.69, 9.17) is 9.15 Å². The summed E-state index contributed by atoms with van der Waals surface area (Å²) in [5, 5.41) is 3.37. The van der Waals surface area contributed by atoms with Gasteiger partial charge < -0.3 is 14.5 Å². The topological polar surface area (TPSA) is 68.5 Å². The van der Waals surface area contributed by atoms with Gasteiger partial charge in [0.1, 0.15) is 16.9 Å². The van der Waals surface area contributed by atoms with Crippen molar-refractivity contribution < 1.29 is 13.9 Å². The number of rotatable bonds is 5. The Bertz CT molecular complexity index is 958. The molecule has 3 rings (SSSR count). The first-order chi connectivity index (χ1) is 12.1. The van der Waals surface area contributed by atoms with E-state index in [9.17, 15) is 9.59 Å². The zero-order chi connectivity index (χ0) is 17.8. The standard InChI is InChI=1S/C20H19NO4/c1-3-10-24-16-9-6-14-11-17(20(23)25-18(14)12-16)19(22)21-15-7-4-13(2)5-8-15/h4-9,11-12H,3,10H2,1-2H3,(H,21,22). The van der Waals surface area contributed by atoms with Gasteiger partial charge in [0.15, 0.2) is 0 Å². The quantitative estimate of drug-likeness (QED) is 0.710. The van der Waals surface area contributed by atoms with Gasteiger partial charge in [0.25, 0.3) is 5.91 Å². The van der Waals surface area contributed by atoms with E-state index < -0.39 is 11.5 Å². The number of ether oxygens (including phenoxy) is 1. The summed E-state index contributed by atoms with van der Waals surface area (Å²) in [6.45, 7) is 4.56. The van der Waals surface area contributed by atoms with Gasteiger partial charge in [0, 0.05) is 17.1 Å². The molecule has 0 aliphatic heterocycles. The summed E-state index contributed by atoms with van der Waals surface area (Å²) in [6, 6.07) is 14.1. The molecule has 1 heterocycles. The second kappa shape index (κ2) is 7.21. The lowest BCUT2D eigenvalue weighted by Crippen LogP contribution is -2.20. The highest BCUT2D eigenvalue weighted by Crippen LogP contribution is 2.21. The summed E-state index contributed by atoms with van der Waals surface area (Å²) >= 11 is 0. The van der Waals surface area contributed by atoms with Gasteiger partial charge in [-0.1, -0.05) is 24.6 Å². The van der Waals surface area contributed by atoms with Crippen molar-refractivity contribution in [3.05, 3.63) is 70.1 Å². The molecule has 5 heteroatoms. The number of hydrogen-bond donors (Lipinski definition) is 1. The Kier molecular flexibility index (Phi) is 4.84. The smallest absolute Gasteiger partial charge is 0.349 e. The van der Waals surface area contributed by atoms with Crippen molar-refractivity contribution in [3.8, 4) is 5.75 Å². The molecule has 0 bridgehead atoms. The monoisotopic (exact) mass is 337 g/mol. The van der Waals surface area contributed by atoms with Crippen LogP contribution in [0, 0.1) is 6.92 Å². The second-order valence-electron chi connectivity index (χ2n) is 5.82. The summed E-state index contributed by atoms with van der Waals surface area (Å²) in [5.74, 6) is 0.139. The fourth-order valence-corrected chi connectivity index (χ4v) is 2.39. The highest BCUT2D eigenvalue weighted by molar-refractivity contribution is 6.05. The third-order valence-corrected chi connectivity index (χ3v) is 3.73. The summed E-state index contributed by atoms with van der Waals surface area (Å²) < 4.78 is 10.8. The maximum Gasteiger partial charge on any atom is 0.349 e.